The number of carboxylic acid groups (broad SMARTS) is 1. The van der Waals surface area contributed by atoms with Crippen LogP contribution < -0.4 is 10.2 Å². The molecule has 1 fully saturated rings. The number of benzene rings is 4. The van der Waals surface area contributed by atoms with Gasteiger partial charge in [-0.2, -0.15) is 0 Å². The first-order chi connectivity index (χ1) is 21.1. The molecule has 1 heterocycles. The summed E-state index contributed by atoms with van der Waals surface area (Å²) < 4.78 is 0. The molecule has 1 atom stereocenters. The first kappa shape index (κ1) is 31.1. The number of halogens is 2. The summed E-state index contributed by atoms with van der Waals surface area (Å²) in [6.07, 6.45) is 0.357. The van der Waals surface area contributed by atoms with Gasteiger partial charge in [-0.3, -0.25) is 14.5 Å². The number of aryl methyl sites for hydroxylation is 1. The van der Waals surface area contributed by atoms with Crippen molar-refractivity contribution in [2.45, 2.75) is 32.7 Å². The number of nitrogens with one attached hydrogen (secondary N) is 1. The van der Waals surface area contributed by atoms with Gasteiger partial charge in [-0.1, -0.05) is 89.4 Å². The van der Waals surface area contributed by atoms with Crippen LogP contribution in [0.3, 0.4) is 0 Å². The van der Waals surface area contributed by atoms with Gasteiger partial charge < -0.3 is 15.3 Å². The van der Waals surface area contributed by atoms with E-state index in [1.165, 1.54) is 5.56 Å². The van der Waals surface area contributed by atoms with Gasteiger partial charge in [0.15, 0.2) is 0 Å². The molecule has 0 aliphatic carbocycles. The van der Waals surface area contributed by atoms with E-state index in [0.717, 1.165) is 17.5 Å². The predicted octanol–water partition coefficient (Wildman–Crippen LogP) is 7.82. The van der Waals surface area contributed by atoms with Crippen LogP contribution in [0.2, 0.25) is 10.0 Å². The molecule has 0 bridgehead atoms. The number of nitrogens with zero attached hydrogens (tertiary/aromatic N) is 2. The van der Waals surface area contributed by atoms with Crippen LogP contribution >= 0.6 is 23.2 Å². The molecule has 7 nitrogen and oxygen atoms in total. The molecule has 9 heteroatoms. The van der Waals surface area contributed by atoms with E-state index in [4.69, 9.17) is 23.2 Å². The average Bonchev–Trinajstić information content (AvgIpc) is 2.98. The number of carboxylic acids is 1. The summed E-state index contributed by atoms with van der Waals surface area (Å²) in [6.45, 7) is 2.20. The highest BCUT2D eigenvalue weighted by atomic mass is 35.5. The van der Waals surface area contributed by atoms with Gasteiger partial charge in [-0.25, -0.2) is 4.79 Å². The highest BCUT2D eigenvalue weighted by molar-refractivity contribution is 6.35. The highest BCUT2D eigenvalue weighted by Gasteiger charge is 2.46. The van der Waals surface area contributed by atoms with Crippen LogP contribution in [0, 0.1) is 12.3 Å². The summed E-state index contributed by atoms with van der Waals surface area (Å²) in [4.78, 5) is 42.7. The number of urea groups is 1. The van der Waals surface area contributed by atoms with Gasteiger partial charge >= 0.3 is 12.0 Å². The smallest absolute Gasteiger partial charge is 0.324 e. The summed E-state index contributed by atoms with van der Waals surface area (Å²) in [5.74, 6) is -1.38. The zero-order chi connectivity index (χ0) is 31.3. The molecule has 3 amide bonds. The molecule has 5 rings (SSSR count). The quantitative estimate of drug-likeness (QED) is 0.187. The number of hydrogen-bond acceptors (Lipinski definition) is 3. The van der Waals surface area contributed by atoms with Crippen LogP contribution in [0.15, 0.2) is 97.1 Å². The van der Waals surface area contributed by atoms with Gasteiger partial charge in [-0.05, 0) is 66.4 Å². The Balaban J connectivity index is 1.40. The van der Waals surface area contributed by atoms with E-state index in [9.17, 15) is 19.5 Å². The Morgan fingerprint density at radius 1 is 0.864 bits per heavy atom. The second kappa shape index (κ2) is 13.5. The number of carbonyl (C=O) groups excluding carboxylic acids is 2. The molecule has 0 saturated carbocycles. The standard InChI is InChI=1S/C35H33Cl2N3O4/c1-24-7-15-30(16-8-24)40-23-35(20-33(42)43,22-39(34(40)44)21-27-11-12-28(36)18-31(27)37)19-32(41)38-29-13-9-26(10-14-29)17-25-5-3-2-4-6-25/h2-16,18H,17,19-23H2,1H3,(H,38,41)(H,42,43). The molecule has 4 aromatic rings. The van der Waals surface area contributed by atoms with Crippen LogP contribution in [0.4, 0.5) is 16.2 Å². The summed E-state index contributed by atoms with van der Waals surface area (Å²) >= 11 is 12.6. The van der Waals surface area contributed by atoms with E-state index < -0.39 is 11.4 Å². The maximum atomic E-state index is 13.8. The molecular weight excluding hydrogens is 597 g/mol. The van der Waals surface area contributed by atoms with Crippen molar-refractivity contribution in [1.82, 2.24) is 4.90 Å². The molecule has 0 spiro atoms. The second-order valence-electron chi connectivity index (χ2n) is 11.5. The van der Waals surface area contributed by atoms with E-state index in [-0.39, 0.29) is 44.4 Å². The van der Waals surface area contributed by atoms with Crippen molar-refractivity contribution in [3.05, 3.63) is 129 Å². The molecule has 1 unspecified atom stereocenters. The number of hydrogen-bond donors (Lipinski definition) is 2. The van der Waals surface area contributed by atoms with Gasteiger partial charge in [-0.15, -0.1) is 0 Å². The molecule has 1 saturated heterocycles. The van der Waals surface area contributed by atoms with Crippen molar-refractivity contribution >= 4 is 52.5 Å². The molecule has 0 radical (unpaired) electrons. The Labute approximate surface area is 267 Å². The Morgan fingerprint density at radius 3 is 2.20 bits per heavy atom. The average molecular weight is 631 g/mol. The Kier molecular flexibility index (Phi) is 9.57. The first-order valence-electron chi connectivity index (χ1n) is 14.3. The molecule has 0 aromatic heterocycles. The van der Waals surface area contributed by atoms with Crippen LogP contribution in [0.5, 0.6) is 0 Å². The Hall–Kier alpha value is -4.33. The first-order valence-corrected chi connectivity index (χ1v) is 15.1. The van der Waals surface area contributed by atoms with Crippen molar-refractivity contribution in [2.24, 2.45) is 5.41 Å². The number of carbonyl (C=O) groups is 3. The summed E-state index contributed by atoms with van der Waals surface area (Å²) in [6, 6.07) is 29.9. The van der Waals surface area contributed by atoms with Crippen molar-refractivity contribution in [3.63, 3.8) is 0 Å². The molecule has 2 N–H and O–H groups in total. The van der Waals surface area contributed by atoms with Crippen LogP contribution in [0.1, 0.15) is 35.1 Å². The maximum Gasteiger partial charge on any atom is 0.324 e. The Morgan fingerprint density at radius 2 is 1.55 bits per heavy atom. The molecule has 44 heavy (non-hydrogen) atoms. The fourth-order valence-electron chi connectivity index (χ4n) is 5.69. The lowest BCUT2D eigenvalue weighted by molar-refractivity contribution is -0.140. The van der Waals surface area contributed by atoms with Gasteiger partial charge in [0.25, 0.3) is 0 Å². The molecule has 4 aromatic carbocycles. The highest BCUT2D eigenvalue weighted by Crippen LogP contribution is 2.38. The zero-order valence-electron chi connectivity index (χ0n) is 24.3. The Bertz CT molecular complexity index is 1650. The maximum absolute atomic E-state index is 13.8. The van der Waals surface area contributed by atoms with Crippen LogP contribution in [0.25, 0.3) is 0 Å². The van der Waals surface area contributed by atoms with E-state index >= 15 is 0 Å². The van der Waals surface area contributed by atoms with Gasteiger partial charge in [0.2, 0.25) is 5.91 Å². The largest absolute Gasteiger partial charge is 0.481 e. The van der Waals surface area contributed by atoms with E-state index in [2.05, 4.69) is 17.4 Å². The second-order valence-corrected chi connectivity index (χ2v) is 12.3. The third-order valence-electron chi connectivity index (χ3n) is 7.79. The molecule has 1 aliphatic heterocycles. The van der Waals surface area contributed by atoms with Crippen molar-refractivity contribution < 1.29 is 19.5 Å². The van der Waals surface area contributed by atoms with Crippen LogP contribution in [-0.2, 0) is 22.6 Å². The van der Waals surface area contributed by atoms with Crippen molar-refractivity contribution in [1.29, 1.82) is 0 Å². The minimum absolute atomic E-state index is 0.0584. The topological polar surface area (TPSA) is 89.9 Å². The number of rotatable bonds is 10. The molecular formula is C35H33Cl2N3O4. The van der Waals surface area contributed by atoms with Crippen molar-refractivity contribution in [3.8, 4) is 0 Å². The van der Waals surface area contributed by atoms with E-state index in [1.54, 1.807) is 28.0 Å². The van der Waals surface area contributed by atoms with E-state index in [1.807, 2.05) is 73.7 Å². The molecule has 1 aliphatic rings. The predicted molar refractivity (Wildman–Crippen MR) is 174 cm³/mol. The van der Waals surface area contributed by atoms with Gasteiger partial charge in [0.1, 0.15) is 0 Å². The minimum Gasteiger partial charge on any atom is -0.481 e. The third-order valence-corrected chi connectivity index (χ3v) is 8.38. The normalized spacial score (nSPS) is 16.6. The lowest BCUT2D eigenvalue weighted by Gasteiger charge is -2.47. The molecule has 226 valence electrons. The minimum atomic E-state index is -1.08. The number of anilines is 2. The van der Waals surface area contributed by atoms with Crippen molar-refractivity contribution in [2.75, 3.05) is 23.3 Å². The summed E-state index contributed by atoms with van der Waals surface area (Å²) in [5.41, 5.74) is 4.14. The van der Waals surface area contributed by atoms with Gasteiger partial charge in [0.05, 0.1) is 6.42 Å². The lowest BCUT2D eigenvalue weighted by Crippen LogP contribution is -2.59. The lowest BCUT2D eigenvalue weighted by atomic mass is 9.78. The number of amides is 3. The summed E-state index contributed by atoms with van der Waals surface area (Å²) in [5, 5.41) is 13.8. The van der Waals surface area contributed by atoms with Gasteiger partial charge in [0, 0.05) is 52.9 Å². The third kappa shape index (κ3) is 7.78. The fraction of sp³-hybridized carbons (Fsp3) is 0.229. The monoisotopic (exact) mass is 629 g/mol. The SMILES string of the molecule is Cc1ccc(N2CC(CC(=O)O)(CC(=O)Nc3ccc(Cc4ccccc4)cc3)CN(Cc3ccc(Cl)cc3Cl)C2=O)cc1. The summed E-state index contributed by atoms with van der Waals surface area (Å²) in [7, 11) is 0. The van der Waals surface area contributed by atoms with E-state index in [0.29, 0.717) is 27.0 Å². The van der Waals surface area contributed by atoms with Crippen LogP contribution in [-0.4, -0.2) is 41.0 Å². The zero-order valence-corrected chi connectivity index (χ0v) is 25.8. The fourth-order valence-corrected chi connectivity index (χ4v) is 6.16. The number of aliphatic carboxylic acids is 1.